The Morgan fingerprint density at radius 2 is 1.81 bits per heavy atom. The van der Waals surface area contributed by atoms with Crippen LogP contribution in [0.1, 0.15) is 28.4 Å². The van der Waals surface area contributed by atoms with Crippen molar-refractivity contribution in [3.8, 4) is 5.75 Å². The number of amides is 1. The van der Waals surface area contributed by atoms with Gasteiger partial charge in [0, 0.05) is 13.1 Å². The van der Waals surface area contributed by atoms with E-state index >= 15 is 0 Å². The molecule has 0 spiro atoms. The van der Waals surface area contributed by atoms with Gasteiger partial charge in [-0.2, -0.15) is 0 Å². The smallest absolute Gasteiger partial charge is 0.264 e. The summed E-state index contributed by atoms with van der Waals surface area (Å²) in [6.45, 7) is 7.88. The van der Waals surface area contributed by atoms with E-state index < -0.39 is 0 Å². The maximum Gasteiger partial charge on any atom is 0.264 e. The first kappa shape index (κ1) is 22.2. The van der Waals surface area contributed by atoms with E-state index in [1.165, 1.54) is 5.56 Å². The van der Waals surface area contributed by atoms with Crippen LogP contribution in [0.5, 0.6) is 5.75 Å². The van der Waals surface area contributed by atoms with Gasteiger partial charge in [-0.25, -0.2) is 4.98 Å². The van der Waals surface area contributed by atoms with Crippen molar-refractivity contribution < 1.29 is 9.53 Å². The van der Waals surface area contributed by atoms with Gasteiger partial charge in [0.2, 0.25) is 0 Å². The van der Waals surface area contributed by atoms with E-state index in [-0.39, 0.29) is 5.91 Å². The Labute approximate surface area is 193 Å². The van der Waals surface area contributed by atoms with Crippen molar-refractivity contribution in [3.63, 3.8) is 0 Å². The highest BCUT2D eigenvalue weighted by Gasteiger charge is 2.26. The molecule has 1 aromatic heterocycles. The van der Waals surface area contributed by atoms with Gasteiger partial charge >= 0.3 is 0 Å². The lowest BCUT2D eigenvalue weighted by Gasteiger charge is -2.24. The summed E-state index contributed by atoms with van der Waals surface area (Å²) >= 11 is 1.56. The molecule has 0 fully saturated rings. The Morgan fingerprint density at radius 3 is 2.56 bits per heavy atom. The quantitative estimate of drug-likeness (QED) is 0.366. The number of hydrogen-bond acceptors (Lipinski definition) is 5. The molecule has 1 heterocycles. The Kier molecular flexibility index (Phi) is 6.44. The number of benzene rings is 3. The molecule has 0 N–H and O–H groups in total. The zero-order valence-corrected chi connectivity index (χ0v) is 20.1. The summed E-state index contributed by atoms with van der Waals surface area (Å²) in [7, 11) is 4.02. The van der Waals surface area contributed by atoms with E-state index in [4.69, 9.17) is 9.72 Å². The molecule has 4 aromatic rings. The molecule has 166 valence electrons. The van der Waals surface area contributed by atoms with E-state index in [2.05, 4.69) is 30.9 Å². The first-order chi connectivity index (χ1) is 15.4. The third-order valence-electron chi connectivity index (χ3n) is 5.72. The van der Waals surface area contributed by atoms with Crippen LogP contribution < -0.4 is 9.64 Å². The van der Waals surface area contributed by atoms with Crippen LogP contribution in [0.25, 0.3) is 21.0 Å². The number of rotatable bonds is 7. The molecule has 3 aromatic carbocycles. The molecule has 32 heavy (non-hydrogen) atoms. The lowest BCUT2D eigenvalue weighted by atomic mass is 10.0. The van der Waals surface area contributed by atoms with Gasteiger partial charge in [0.15, 0.2) is 5.13 Å². The molecular formula is C26H29N3O2S. The van der Waals surface area contributed by atoms with Gasteiger partial charge in [0.1, 0.15) is 5.75 Å². The second kappa shape index (κ2) is 9.27. The third-order valence-corrected chi connectivity index (χ3v) is 6.77. The lowest BCUT2D eigenvalue weighted by Crippen LogP contribution is -2.37. The van der Waals surface area contributed by atoms with E-state index in [0.717, 1.165) is 38.2 Å². The number of nitrogens with zero attached hydrogens (tertiary/aromatic N) is 3. The van der Waals surface area contributed by atoms with Crippen LogP contribution in [0.4, 0.5) is 5.13 Å². The van der Waals surface area contributed by atoms with Crippen molar-refractivity contribution in [1.29, 1.82) is 0 Å². The average molecular weight is 448 g/mol. The molecule has 0 radical (unpaired) electrons. The number of carbonyl (C=O) groups is 1. The minimum atomic E-state index is -0.0828. The van der Waals surface area contributed by atoms with Gasteiger partial charge in [-0.05, 0) is 68.9 Å². The monoisotopic (exact) mass is 447 g/mol. The van der Waals surface area contributed by atoms with Crippen LogP contribution >= 0.6 is 11.3 Å². The van der Waals surface area contributed by atoms with Crippen molar-refractivity contribution in [1.82, 2.24) is 9.88 Å². The first-order valence-corrected chi connectivity index (χ1v) is 11.7. The van der Waals surface area contributed by atoms with Crippen molar-refractivity contribution >= 4 is 43.4 Å². The lowest BCUT2D eigenvalue weighted by molar-refractivity contribution is 0.0983. The number of fused-ring (bicyclic) bond motifs is 2. The highest BCUT2D eigenvalue weighted by molar-refractivity contribution is 7.22. The maximum atomic E-state index is 14.1. The predicted octanol–water partition coefficient (Wildman–Crippen LogP) is 5.67. The minimum absolute atomic E-state index is 0.0828. The van der Waals surface area contributed by atoms with Gasteiger partial charge in [0.05, 0.1) is 22.4 Å². The number of thiazole rings is 1. The fraction of sp³-hybridized carbons (Fsp3) is 0.308. The molecular weight excluding hydrogens is 418 g/mol. The zero-order chi connectivity index (χ0) is 22.8. The summed E-state index contributed by atoms with van der Waals surface area (Å²) in [5, 5.41) is 2.63. The standard InChI is InChI=1S/C26H29N3O2S/c1-6-31-21-13-12-19-9-7-8-10-20(19)23(21)25(30)29(16-15-28(4)5)26-27-24-18(3)17(2)11-14-22(24)32-26/h7-14H,6,15-16H2,1-5H3. The van der Waals surface area contributed by atoms with Crippen molar-refractivity contribution in [2.24, 2.45) is 0 Å². The summed E-state index contributed by atoms with van der Waals surface area (Å²) in [5.74, 6) is 0.528. The number of aromatic nitrogens is 1. The number of aryl methyl sites for hydroxylation is 2. The van der Waals surface area contributed by atoms with Crippen LogP contribution in [-0.2, 0) is 0 Å². The number of anilines is 1. The van der Waals surface area contributed by atoms with Crippen LogP contribution in [0.2, 0.25) is 0 Å². The van der Waals surface area contributed by atoms with Gasteiger partial charge in [-0.1, -0.05) is 47.7 Å². The fourth-order valence-corrected chi connectivity index (χ4v) is 4.85. The highest BCUT2D eigenvalue weighted by atomic mass is 32.1. The largest absolute Gasteiger partial charge is 0.493 e. The van der Waals surface area contributed by atoms with Crippen LogP contribution in [-0.4, -0.2) is 49.6 Å². The van der Waals surface area contributed by atoms with Gasteiger partial charge < -0.3 is 9.64 Å². The summed E-state index contributed by atoms with van der Waals surface area (Å²) < 4.78 is 6.99. The van der Waals surface area contributed by atoms with E-state index in [0.29, 0.717) is 24.5 Å². The molecule has 4 rings (SSSR count). The SMILES string of the molecule is CCOc1ccc2ccccc2c1C(=O)N(CCN(C)C)c1nc2c(C)c(C)ccc2s1. The molecule has 0 bridgehead atoms. The normalized spacial score (nSPS) is 11.4. The number of hydrogen-bond donors (Lipinski definition) is 0. The minimum Gasteiger partial charge on any atom is -0.493 e. The maximum absolute atomic E-state index is 14.1. The van der Waals surface area contributed by atoms with Crippen molar-refractivity contribution in [2.45, 2.75) is 20.8 Å². The molecule has 0 aliphatic rings. The van der Waals surface area contributed by atoms with Gasteiger partial charge in [0.25, 0.3) is 5.91 Å². The summed E-state index contributed by atoms with van der Waals surface area (Å²) in [6.07, 6.45) is 0. The van der Waals surface area contributed by atoms with Crippen molar-refractivity contribution in [2.75, 3.05) is 38.7 Å². The Morgan fingerprint density at radius 1 is 1.03 bits per heavy atom. The second-order valence-corrected chi connectivity index (χ2v) is 9.21. The molecule has 0 unspecified atom stereocenters. The molecule has 0 atom stereocenters. The molecule has 6 heteroatoms. The topological polar surface area (TPSA) is 45.7 Å². The Balaban J connectivity index is 1.87. The van der Waals surface area contributed by atoms with E-state index in [1.54, 1.807) is 11.3 Å². The van der Waals surface area contributed by atoms with Crippen molar-refractivity contribution in [3.05, 3.63) is 65.2 Å². The van der Waals surface area contributed by atoms with Crippen LogP contribution in [0.15, 0.2) is 48.5 Å². The number of carbonyl (C=O) groups excluding carboxylic acids is 1. The number of ether oxygens (including phenoxy) is 1. The predicted molar refractivity (Wildman–Crippen MR) is 134 cm³/mol. The fourth-order valence-electron chi connectivity index (χ4n) is 3.80. The summed E-state index contributed by atoms with van der Waals surface area (Å²) in [5.41, 5.74) is 3.92. The molecule has 1 amide bonds. The Hall–Kier alpha value is -2.96. The zero-order valence-electron chi connectivity index (χ0n) is 19.3. The summed E-state index contributed by atoms with van der Waals surface area (Å²) in [4.78, 5) is 22.9. The molecule has 5 nitrogen and oxygen atoms in total. The van der Waals surface area contributed by atoms with Gasteiger partial charge in [-0.15, -0.1) is 0 Å². The second-order valence-electron chi connectivity index (χ2n) is 8.20. The van der Waals surface area contributed by atoms with E-state index in [9.17, 15) is 4.79 Å². The molecule has 0 aliphatic carbocycles. The Bertz CT molecular complexity index is 1280. The third kappa shape index (κ3) is 4.20. The highest BCUT2D eigenvalue weighted by Crippen LogP contribution is 2.35. The molecule has 0 saturated carbocycles. The molecule has 0 saturated heterocycles. The van der Waals surface area contributed by atoms with Crippen LogP contribution in [0, 0.1) is 13.8 Å². The van der Waals surface area contributed by atoms with Crippen LogP contribution in [0.3, 0.4) is 0 Å². The number of likely N-dealkylation sites (N-methyl/N-ethyl adjacent to an activating group) is 1. The van der Waals surface area contributed by atoms with E-state index in [1.807, 2.05) is 62.3 Å². The van der Waals surface area contributed by atoms with Gasteiger partial charge in [-0.3, -0.25) is 9.69 Å². The molecule has 0 aliphatic heterocycles. The average Bonchev–Trinajstić information content (AvgIpc) is 3.21. The first-order valence-electron chi connectivity index (χ1n) is 10.9. The summed E-state index contributed by atoms with van der Waals surface area (Å²) in [6, 6.07) is 16.1.